The maximum absolute atomic E-state index is 13.6. The number of aromatic nitrogens is 2. The minimum absolute atomic E-state index is 0.0414. The molecular weight excluding hydrogens is 323 g/mol. The van der Waals surface area contributed by atoms with E-state index in [0.29, 0.717) is 18.6 Å². The molecule has 2 unspecified atom stereocenters. The van der Waals surface area contributed by atoms with Crippen molar-refractivity contribution in [1.29, 1.82) is 0 Å². The van der Waals surface area contributed by atoms with Crippen molar-refractivity contribution in [2.45, 2.75) is 18.6 Å². The number of nitrogen functional groups attached to an aromatic ring is 1. The second kappa shape index (κ2) is 6.47. The van der Waals surface area contributed by atoms with Gasteiger partial charge in [-0.05, 0) is 24.1 Å². The third-order valence-electron chi connectivity index (χ3n) is 3.62. The Hall–Kier alpha value is -2.25. The van der Waals surface area contributed by atoms with E-state index in [4.69, 9.17) is 22.1 Å². The fourth-order valence-corrected chi connectivity index (χ4v) is 2.63. The van der Waals surface area contributed by atoms with Gasteiger partial charge in [-0.25, -0.2) is 14.4 Å². The quantitative estimate of drug-likeness (QED) is 0.896. The molecule has 0 spiro atoms. The number of nitrogens with one attached hydrogen (secondary N) is 1. The average Bonchev–Trinajstić information content (AvgIpc) is 2.98. The van der Waals surface area contributed by atoms with Gasteiger partial charge in [0.15, 0.2) is 11.5 Å². The van der Waals surface area contributed by atoms with Gasteiger partial charge in [-0.2, -0.15) is 0 Å². The molecule has 120 valence electrons. The number of rotatable bonds is 3. The van der Waals surface area contributed by atoms with Crippen LogP contribution in [0.4, 0.5) is 10.2 Å². The largest absolute Gasteiger partial charge is 0.382 e. The van der Waals surface area contributed by atoms with Crippen LogP contribution in [-0.4, -0.2) is 28.5 Å². The maximum Gasteiger partial charge on any atom is 0.274 e. The molecule has 1 aliphatic heterocycles. The lowest BCUT2D eigenvalue weighted by Gasteiger charge is -2.20. The van der Waals surface area contributed by atoms with Crippen LogP contribution in [0.1, 0.15) is 28.6 Å². The van der Waals surface area contributed by atoms with Crippen LogP contribution in [0.25, 0.3) is 0 Å². The lowest BCUT2D eigenvalue weighted by molar-refractivity contribution is 0.0817. The highest BCUT2D eigenvalue weighted by Gasteiger charge is 2.32. The summed E-state index contributed by atoms with van der Waals surface area (Å²) in [5.74, 6) is -0.911. The third kappa shape index (κ3) is 3.25. The fraction of sp³-hybridized carbons (Fsp3) is 0.267. The summed E-state index contributed by atoms with van der Waals surface area (Å²) in [5, 5.41) is 2.86. The molecule has 2 heterocycles. The molecule has 1 aromatic heterocycles. The van der Waals surface area contributed by atoms with Crippen molar-refractivity contribution in [2.75, 3.05) is 12.3 Å². The van der Waals surface area contributed by atoms with E-state index in [0.717, 1.165) is 0 Å². The van der Waals surface area contributed by atoms with Crippen molar-refractivity contribution in [3.8, 4) is 0 Å². The van der Waals surface area contributed by atoms with Crippen molar-refractivity contribution < 1.29 is 13.9 Å². The molecule has 0 radical (unpaired) electrons. The summed E-state index contributed by atoms with van der Waals surface area (Å²) < 4.78 is 19.3. The van der Waals surface area contributed by atoms with Crippen LogP contribution in [0.3, 0.4) is 0 Å². The molecule has 1 fully saturated rings. The molecule has 1 aromatic carbocycles. The Balaban J connectivity index is 1.78. The first-order valence-electron chi connectivity index (χ1n) is 7.00. The molecule has 2 atom stereocenters. The standard InChI is InChI=1S/C15H14ClFN4O2/c16-9-2-1-8(7-10(9)17)13-11(3-6-23-13)21-15(22)12-14(18)20-5-4-19-12/h1-2,4-5,7,11,13H,3,6H2,(H2,18,20)(H,21,22). The summed E-state index contributed by atoms with van der Waals surface area (Å²) in [6, 6.07) is 4.14. The number of benzene rings is 1. The number of carbonyl (C=O) groups excluding carboxylic acids is 1. The van der Waals surface area contributed by atoms with Crippen molar-refractivity contribution in [3.63, 3.8) is 0 Å². The molecule has 3 rings (SSSR count). The highest BCUT2D eigenvalue weighted by atomic mass is 35.5. The number of anilines is 1. The normalized spacial score (nSPS) is 20.4. The first kappa shape index (κ1) is 15.6. The second-order valence-corrected chi connectivity index (χ2v) is 5.53. The van der Waals surface area contributed by atoms with E-state index in [1.165, 1.54) is 24.5 Å². The SMILES string of the molecule is Nc1nccnc1C(=O)NC1CCOC1c1ccc(Cl)c(F)c1. The molecule has 6 nitrogen and oxygen atoms in total. The van der Waals surface area contributed by atoms with E-state index >= 15 is 0 Å². The average molecular weight is 337 g/mol. The predicted molar refractivity (Wildman–Crippen MR) is 82.4 cm³/mol. The van der Waals surface area contributed by atoms with E-state index in [-0.39, 0.29) is 22.6 Å². The molecule has 2 aromatic rings. The second-order valence-electron chi connectivity index (χ2n) is 5.12. The molecule has 23 heavy (non-hydrogen) atoms. The molecule has 0 bridgehead atoms. The van der Waals surface area contributed by atoms with Gasteiger partial charge in [-0.15, -0.1) is 0 Å². The summed E-state index contributed by atoms with van der Waals surface area (Å²) in [6.45, 7) is 0.454. The molecule has 1 aliphatic rings. The Morgan fingerprint density at radius 3 is 2.91 bits per heavy atom. The van der Waals surface area contributed by atoms with Crippen LogP contribution in [0.5, 0.6) is 0 Å². The van der Waals surface area contributed by atoms with Crippen molar-refractivity contribution in [1.82, 2.24) is 15.3 Å². The number of ether oxygens (including phenoxy) is 1. The Morgan fingerprint density at radius 1 is 1.39 bits per heavy atom. The molecular formula is C15H14ClFN4O2. The predicted octanol–water partition coefficient (Wildman–Crippen LogP) is 2.11. The highest BCUT2D eigenvalue weighted by molar-refractivity contribution is 6.30. The van der Waals surface area contributed by atoms with Gasteiger partial charge >= 0.3 is 0 Å². The van der Waals surface area contributed by atoms with E-state index in [1.807, 2.05) is 0 Å². The van der Waals surface area contributed by atoms with Crippen LogP contribution < -0.4 is 11.1 Å². The van der Waals surface area contributed by atoms with Gasteiger partial charge in [0, 0.05) is 19.0 Å². The molecule has 0 aliphatic carbocycles. The molecule has 8 heteroatoms. The highest BCUT2D eigenvalue weighted by Crippen LogP contribution is 2.31. The lowest BCUT2D eigenvalue weighted by Crippen LogP contribution is -2.37. The molecule has 1 amide bonds. The van der Waals surface area contributed by atoms with Gasteiger partial charge in [0.2, 0.25) is 0 Å². The van der Waals surface area contributed by atoms with E-state index in [9.17, 15) is 9.18 Å². The number of hydrogen-bond donors (Lipinski definition) is 2. The van der Waals surface area contributed by atoms with Crippen LogP contribution in [0.15, 0.2) is 30.6 Å². The Kier molecular flexibility index (Phi) is 4.40. The van der Waals surface area contributed by atoms with Gasteiger partial charge in [-0.3, -0.25) is 4.79 Å². The smallest absolute Gasteiger partial charge is 0.274 e. The third-order valence-corrected chi connectivity index (χ3v) is 3.93. The molecule has 3 N–H and O–H groups in total. The zero-order valence-electron chi connectivity index (χ0n) is 12.0. The monoisotopic (exact) mass is 336 g/mol. The summed E-state index contributed by atoms with van der Waals surface area (Å²) in [6.07, 6.45) is 2.94. The van der Waals surface area contributed by atoms with Gasteiger partial charge in [-0.1, -0.05) is 17.7 Å². The van der Waals surface area contributed by atoms with Crippen molar-refractivity contribution in [2.24, 2.45) is 0 Å². The van der Waals surface area contributed by atoms with Gasteiger partial charge in [0.05, 0.1) is 11.1 Å². The number of nitrogens with two attached hydrogens (primary N) is 1. The van der Waals surface area contributed by atoms with Crippen LogP contribution >= 0.6 is 11.6 Å². The summed E-state index contributed by atoms with van der Waals surface area (Å²) in [7, 11) is 0. The number of amides is 1. The zero-order valence-corrected chi connectivity index (χ0v) is 12.8. The maximum atomic E-state index is 13.6. The van der Waals surface area contributed by atoms with Crippen LogP contribution in [0, 0.1) is 5.82 Å². The summed E-state index contributed by atoms with van der Waals surface area (Å²) in [4.78, 5) is 20.0. The summed E-state index contributed by atoms with van der Waals surface area (Å²) in [5.41, 5.74) is 6.32. The van der Waals surface area contributed by atoms with E-state index < -0.39 is 17.8 Å². The van der Waals surface area contributed by atoms with Crippen molar-refractivity contribution in [3.05, 3.63) is 52.7 Å². The first-order chi connectivity index (χ1) is 11.1. The zero-order chi connectivity index (χ0) is 16.4. The van der Waals surface area contributed by atoms with Gasteiger partial charge in [0.1, 0.15) is 11.9 Å². The van der Waals surface area contributed by atoms with Crippen LogP contribution in [0.2, 0.25) is 5.02 Å². The number of hydrogen-bond acceptors (Lipinski definition) is 5. The Labute approximate surface area is 136 Å². The van der Waals surface area contributed by atoms with E-state index in [1.54, 1.807) is 6.07 Å². The van der Waals surface area contributed by atoms with Crippen molar-refractivity contribution >= 4 is 23.3 Å². The summed E-state index contributed by atoms with van der Waals surface area (Å²) >= 11 is 5.69. The fourth-order valence-electron chi connectivity index (χ4n) is 2.52. The van der Waals surface area contributed by atoms with Crippen LogP contribution in [-0.2, 0) is 4.74 Å². The Morgan fingerprint density at radius 2 is 2.17 bits per heavy atom. The minimum Gasteiger partial charge on any atom is -0.382 e. The molecule has 0 saturated carbocycles. The first-order valence-corrected chi connectivity index (χ1v) is 7.38. The van der Waals surface area contributed by atoms with E-state index in [2.05, 4.69) is 15.3 Å². The minimum atomic E-state index is -0.525. The number of nitrogens with zero attached hydrogens (tertiary/aromatic N) is 2. The molecule has 1 saturated heterocycles. The Bertz CT molecular complexity index is 743. The number of carbonyl (C=O) groups is 1. The van der Waals surface area contributed by atoms with Gasteiger partial charge < -0.3 is 15.8 Å². The lowest BCUT2D eigenvalue weighted by atomic mass is 10.0. The topological polar surface area (TPSA) is 90.1 Å². The number of halogens is 2. The van der Waals surface area contributed by atoms with Gasteiger partial charge in [0.25, 0.3) is 5.91 Å².